The van der Waals surface area contributed by atoms with Crippen LogP contribution in [0.4, 0.5) is 4.39 Å². The molecule has 2 heterocycles. The third-order valence-corrected chi connectivity index (χ3v) is 4.50. The van der Waals surface area contributed by atoms with E-state index in [4.69, 9.17) is 0 Å². The van der Waals surface area contributed by atoms with E-state index in [1.54, 1.807) is 0 Å². The number of aromatic nitrogens is 2. The number of nitriles is 1. The minimum atomic E-state index is -0.731. The zero-order valence-electron chi connectivity index (χ0n) is 13.3. The number of carbonyl (C=O) groups is 1. The third-order valence-electron chi connectivity index (χ3n) is 4.50. The number of rotatable bonds is 3. The van der Waals surface area contributed by atoms with Crippen LogP contribution >= 0.6 is 0 Å². The third kappa shape index (κ3) is 2.38. The highest BCUT2D eigenvalue weighted by Crippen LogP contribution is 2.33. The molecule has 1 aromatic carbocycles. The van der Waals surface area contributed by atoms with Crippen LogP contribution in [0.2, 0.25) is 0 Å². The van der Waals surface area contributed by atoms with Gasteiger partial charge in [0.15, 0.2) is 0 Å². The lowest BCUT2D eigenvalue weighted by Crippen LogP contribution is -2.29. The fourth-order valence-electron chi connectivity index (χ4n) is 3.18. The Balaban J connectivity index is 1.87. The summed E-state index contributed by atoms with van der Waals surface area (Å²) in [4.78, 5) is 14.0. The minimum Gasteiger partial charge on any atom is -0.318 e. The maximum Gasteiger partial charge on any atom is 0.255 e. The summed E-state index contributed by atoms with van der Waals surface area (Å²) in [5.41, 5.74) is 3.92. The molecule has 0 fully saturated rings. The highest BCUT2D eigenvalue weighted by atomic mass is 19.1. The van der Waals surface area contributed by atoms with Crippen molar-refractivity contribution in [1.29, 1.82) is 5.26 Å². The molecule has 5 nitrogen and oxygen atoms in total. The Morgan fingerprint density at radius 1 is 1.39 bits per heavy atom. The SMILES string of the molecule is Cc1nn(C)c(C)c1CCN1C(=O)c2ccc(F)cc2C1C#N. The molecule has 0 aliphatic carbocycles. The van der Waals surface area contributed by atoms with Crippen LogP contribution in [-0.4, -0.2) is 27.1 Å². The van der Waals surface area contributed by atoms with Crippen LogP contribution in [0.15, 0.2) is 18.2 Å². The summed E-state index contributed by atoms with van der Waals surface area (Å²) in [5.74, 6) is -0.650. The van der Waals surface area contributed by atoms with Crippen LogP contribution in [0.5, 0.6) is 0 Å². The average molecular weight is 312 g/mol. The Bertz CT molecular complexity index is 834. The van der Waals surface area contributed by atoms with Gasteiger partial charge in [-0.25, -0.2) is 4.39 Å². The first-order valence-corrected chi connectivity index (χ1v) is 7.43. The van der Waals surface area contributed by atoms with E-state index < -0.39 is 11.9 Å². The van der Waals surface area contributed by atoms with Crippen molar-refractivity contribution < 1.29 is 9.18 Å². The topological polar surface area (TPSA) is 61.9 Å². The van der Waals surface area contributed by atoms with Gasteiger partial charge < -0.3 is 4.90 Å². The number of hydrogen-bond donors (Lipinski definition) is 0. The van der Waals surface area contributed by atoms with Crippen molar-refractivity contribution in [3.05, 3.63) is 52.1 Å². The van der Waals surface area contributed by atoms with Gasteiger partial charge in [-0.2, -0.15) is 10.4 Å². The number of hydrogen-bond acceptors (Lipinski definition) is 3. The molecule has 1 atom stereocenters. The largest absolute Gasteiger partial charge is 0.318 e. The van der Waals surface area contributed by atoms with Crippen LogP contribution in [0, 0.1) is 31.0 Å². The van der Waals surface area contributed by atoms with Gasteiger partial charge in [-0.3, -0.25) is 9.48 Å². The molecule has 0 spiro atoms. The molecule has 0 saturated carbocycles. The highest BCUT2D eigenvalue weighted by Gasteiger charge is 2.36. The molecule has 0 saturated heterocycles. The maximum absolute atomic E-state index is 13.4. The van der Waals surface area contributed by atoms with Crippen molar-refractivity contribution in [3.63, 3.8) is 0 Å². The van der Waals surface area contributed by atoms with Crippen molar-refractivity contribution >= 4 is 5.91 Å². The molecule has 23 heavy (non-hydrogen) atoms. The van der Waals surface area contributed by atoms with Gasteiger partial charge in [-0.1, -0.05) is 0 Å². The second-order valence-corrected chi connectivity index (χ2v) is 5.78. The molecule has 1 amide bonds. The molecule has 2 aromatic rings. The zero-order valence-corrected chi connectivity index (χ0v) is 13.3. The fraction of sp³-hybridized carbons (Fsp3) is 0.353. The number of carbonyl (C=O) groups excluding carboxylic acids is 1. The Labute approximate surface area is 133 Å². The molecule has 118 valence electrons. The Hall–Kier alpha value is -2.68. The summed E-state index contributed by atoms with van der Waals surface area (Å²) in [6, 6.07) is 5.37. The van der Waals surface area contributed by atoms with Gasteiger partial charge in [-0.15, -0.1) is 0 Å². The van der Waals surface area contributed by atoms with Gasteiger partial charge in [0.05, 0.1) is 11.8 Å². The van der Waals surface area contributed by atoms with E-state index in [0.29, 0.717) is 24.1 Å². The van der Waals surface area contributed by atoms with Gasteiger partial charge in [-0.05, 0) is 44.0 Å². The maximum atomic E-state index is 13.4. The van der Waals surface area contributed by atoms with Gasteiger partial charge in [0.25, 0.3) is 5.91 Å². The van der Waals surface area contributed by atoms with Crippen LogP contribution in [0.3, 0.4) is 0 Å². The molecule has 0 bridgehead atoms. The number of aryl methyl sites for hydroxylation is 2. The molecule has 0 N–H and O–H groups in total. The summed E-state index contributed by atoms with van der Waals surface area (Å²) in [5, 5.41) is 13.8. The molecule has 1 aromatic heterocycles. The predicted octanol–water partition coefficient (Wildman–Crippen LogP) is 2.44. The van der Waals surface area contributed by atoms with Crippen molar-refractivity contribution in [2.75, 3.05) is 6.54 Å². The second-order valence-electron chi connectivity index (χ2n) is 5.78. The first-order valence-electron chi connectivity index (χ1n) is 7.43. The second kappa shape index (κ2) is 5.51. The van der Waals surface area contributed by atoms with Gasteiger partial charge >= 0.3 is 0 Å². The molecular weight excluding hydrogens is 295 g/mol. The first kappa shape index (κ1) is 15.2. The summed E-state index contributed by atoms with van der Waals surface area (Å²) in [7, 11) is 1.88. The number of benzene rings is 1. The number of fused-ring (bicyclic) bond motifs is 1. The Morgan fingerprint density at radius 3 is 2.74 bits per heavy atom. The van der Waals surface area contributed by atoms with Gasteiger partial charge in [0.1, 0.15) is 11.9 Å². The van der Waals surface area contributed by atoms with Crippen molar-refractivity contribution in [2.45, 2.75) is 26.3 Å². The minimum absolute atomic E-state index is 0.217. The Morgan fingerprint density at radius 2 is 2.13 bits per heavy atom. The number of amides is 1. The van der Waals surface area contributed by atoms with E-state index in [0.717, 1.165) is 17.0 Å². The van der Waals surface area contributed by atoms with Crippen LogP contribution in [0.1, 0.15) is 38.9 Å². The van der Waals surface area contributed by atoms with Crippen LogP contribution in [-0.2, 0) is 13.5 Å². The van der Waals surface area contributed by atoms with E-state index in [1.165, 1.54) is 23.1 Å². The standard InChI is InChI=1S/C17H17FN4O/c1-10-13(11(2)21(3)20-10)6-7-22-16(9-19)15-8-12(18)4-5-14(15)17(22)23/h4-5,8,16H,6-7H2,1-3H3. The Kier molecular flexibility index (Phi) is 3.64. The van der Waals surface area contributed by atoms with Crippen molar-refractivity contribution in [2.24, 2.45) is 7.05 Å². The lowest BCUT2D eigenvalue weighted by atomic mass is 10.1. The van der Waals surface area contributed by atoms with E-state index >= 15 is 0 Å². The van der Waals surface area contributed by atoms with Crippen molar-refractivity contribution in [3.8, 4) is 6.07 Å². The summed E-state index contributed by atoms with van der Waals surface area (Å²) >= 11 is 0. The molecule has 1 aliphatic heterocycles. The van der Waals surface area contributed by atoms with Crippen LogP contribution < -0.4 is 0 Å². The predicted molar refractivity (Wildman–Crippen MR) is 82.2 cm³/mol. The summed E-state index contributed by atoms with van der Waals surface area (Å²) < 4.78 is 15.2. The summed E-state index contributed by atoms with van der Waals surface area (Å²) in [6.07, 6.45) is 0.617. The van der Waals surface area contributed by atoms with E-state index in [1.807, 2.05) is 25.6 Å². The van der Waals surface area contributed by atoms with Crippen molar-refractivity contribution in [1.82, 2.24) is 14.7 Å². The average Bonchev–Trinajstić information content (AvgIpc) is 2.91. The lowest BCUT2D eigenvalue weighted by molar-refractivity contribution is 0.0759. The van der Waals surface area contributed by atoms with Crippen LogP contribution in [0.25, 0.3) is 0 Å². The monoisotopic (exact) mass is 312 g/mol. The molecule has 1 unspecified atom stereocenters. The van der Waals surface area contributed by atoms with E-state index in [2.05, 4.69) is 11.2 Å². The van der Waals surface area contributed by atoms with Gasteiger partial charge in [0.2, 0.25) is 0 Å². The van der Waals surface area contributed by atoms with Gasteiger partial charge in [0, 0.05) is 30.4 Å². The lowest BCUT2D eigenvalue weighted by Gasteiger charge is -2.20. The van der Waals surface area contributed by atoms with E-state index in [9.17, 15) is 14.4 Å². The molecule has 3 rings (SSSR count). The van der Waals surface area contributed by atoms with E-state index in [-0.39, 0.29) is 5.91 Å². The molecular formula is C17H17FN4O. The zero-order chi connectivity index (χ0) is 16.7. The first-order chi connectivity index (χ1) is 10.9. The number of halogens is 1. The quantitative estimate of drug-likeness (QED) is 0.874. The fourth-order valence-corrected chi connectivity index (χ4v) is 3.18. The smallest absolute Gasteiger partial charge is 0.255 e. The highest BCUT2D eigenvalue weighted by molar-refractivity contribution is 5.99. The molecule has 6 heteroatoms. The number of nitrogens with zero attached hydrogens (tertiary/aromatic N) is 4. The summed E-state index contributed by atoms with van der Waals surface area (Å²) in [6.45, 7) is 4.31. The normalized spacial score (nSPS) is 16.6. The molecule has 0 radical (unpaired) electrons. The molecule has 1 aliphatic rings.